The highest BCUT2D eigenvalue weighted by Gasteiger charge is 2.17. The lowest BCUT2D eigenvalue weighted by Crippen LogP contribution is -1.99. The van der Waals surface area contributed by atoms with E-state index in [-0.39, 0.29) is 0 Å². The van der Waals surface area contributed by atoms with Crippen molar-refractivity contribution in [2.75, 3.05) is 6.16 Å². The molecule has 0 saturated heterocycles. The van der Waals surface area contributed by atoms with E-state index in [9.17, 15) is 0 Å². The van der Waals surface area contributed by atoms with E-state index < -0.39 is 8.38 Å². The summed E-state index contributed by atoms with van der Waals surface area (Å²) in [7, 11) is -1.26. The van der Waals surface area contributed by atoms with Crippen LogP contribution in [0.1, 0.15) is 0 Å². The van der Waals surface area contributed by atoms with Gasteiger partial charge in [-0.3, -0.25) is 0 Å². The molecule has 0 amide bonds. The van der Waals surface area contributed by atoms with Crippen LogP contribution in [0.4, 0.5) is 0 Å². The molecular weight excluding hydrogens is 435 g/mol. The molecule has 6 rings (SSSR count). The van der Waals surface area contributed by atoms with Gasteiger partial charge in [0.25, 0.3) is 8.38 Å². The summed E-state index contributed by atoms with van der Waals surface area (Å²) < 4.78 is 13.1. The van der Waals surface area contributed by atoms with Crippen molar-refractivity contribution >= 4 is 51.5 Å². The fourth-order valence-electron chi connectivity index (χ4n) is 4.45. The molecule has 164 valence electrons. The fourth-order valence-corrected chi connectivity index (χ4v) is 5.61. The molecule has 3 heteroatoms. The maximum atomic E-state index is 6.53. The Balaban J connectivity index is 1.39. The van der Waals surface area contributed by atoms with Crippen molar-refractivity contribution in [1.29, 1.82) is 0 Å². The molecule has 0 aliphatic heterocycles. The maximum Gasteiger partial charge on any atom is 0.294 e. The summed E-state index contributed by atoms with van der Waals surface area (Å²) in [5, 5.41) is 9.32. The number of rotatable bonds is 6. The van der Waals surface area contributed by atoms with Gasteiger partial charge in [-0.2, -0.15) is 0 Å². The van der Waals surface area contributed by atoms with Crippen LogP contribution < -0.4 is 9.05 Å². The fraction of sp³-hybridized carbons (Fsp3) is 0.0323. The molecule has 0 N–H and O–H groups in total. The van der Waals surface area contributed by atoms with Crippen LogP contribution in [-0.2, 0) is 0 Å². The highest BCUT2D eigenvalue weighted by Crippen LogP contribution is 2.45. The van der Waals surface area contributed by atoms with E-state index >= 15 is 0 Å². The van der Waals surface area contributed by atoms with Gasteiger partial charge in [0.05, 0.1) is 6.16 Å². The molecule has 0 radical (unpaired) electrons. The van der Waals surface area contributed by atoms with Crippen molar-refractivity contribution in [2.45, 2.75) is 0 Å². The largest absolute Gasteiger partial charge is 0.438 e. The summed E-state index contributed by atoms with van der Waals surface area (Å²) in [6.07, 6.45) is 2.50. The third-order valence-electron chi connectivity index (χ3n) is 6.09. The second kappa shape index (κ2) is 8.82. The Bertz CT molecular complexity index is 1550. The van der Waals surface area contributed by atoms with E-state index in [1.807, 2.05) is 30.3 Å². The van der Waals surface area contributed by atoms with Crippen molar-refractivity contribution in [3.05, 3.63) is 122 Å². The van der Waals surface area contributed by atoms with Gasteiger partial charge in [-0.25, -0.2) is 0 Å². The first-order valence-corrected chi connectivity index (χ1v) is 12.7. The number of allylic oxidation sites excluding steroid dienone is 1. The van der Waals surface area contributed by atoms with E-state index in [4.69, 9.17) is 9.05 Å². The maximum absolute atomic E-state index is 6.53. The molecule has 0 aliphatic carbocycles. The first-order chi connectivity index (χ1) is 16.8. The van der Waals surface area contributed by atoms with Crippen molar-refractivity contribution in [3.8, 4) is 11.5 Å². The van der Waals surface area contributed by atoms with Crippen LogP contribution in [-0.4, -0.2) is 6.16 Å². The minimum atomic E-state index is -1.26. The Labute approximate surface area is 200 Å². The molecule has 34 heavy (non-hydrogen) atoms. The van der Waals surface area contributed by atoms with Crippen LogP contribution in [0.3, 0.4) is 0 Å². The standard InChI is InChI=1S/C31H23O2P/c1-2-17-34(32-30-15-7-13-26-18-22-9-3-5-11-24(22)20-28(26)30)33-31-16-8-14-27-19-23-10-4-6-12-25(23)21-29(27)31/h2-16,18-21H,1,17H2. The van der Waals surface area contributed by atoms with E-state index in [0.29, 0.717) is 6.16 Å². The van der Waals surface area contributed by atoms with E-state index in [1.165, 1.54) is 21.5 Å². The normalized spacial score (nSPS) is 11.4. The average molecular weight is 458 g/mol. The van der Waals surface area contributed by atoms with Crippen LogP contribution >= 0.6 is 8.38 Å². The Morgan fingerprint density at radius 2 is 0.941 bits per heavy atom. The number of hydrogen-bond acceptors (Lipinski definition) is 2. The molecule has 0 aromatic heterocycles. The highest BCUT2D eigenvalue weighted by molar-refractivity contribution is 7.48. The van der Waals surface area contributed by atoms with Crippen LogP contribution in [0.25, 0.3) is 43.1 Å². The van der Waals surface area contributed by atoms with Crippen molar-refractivity contribution in [1.82, 2.24) is 0 Å². The molecule has 0 spiro atoms. The molecular formula is C31H23O2P. The van der Waals surface area contributed by atoms with Crippen molar-refractivity contribution in [2.24, 2.45) is 0 Å². The van der Waals surface area contributed by atoms with Crippen molar-refractivity contribution < 1.29 is 9.05 Å². The summed E-state index contributed by atoms with van der Waals surface area (Å²) in [5.74, 6) is 1.67. The van der Waals surface area contributed by atoms with Gasteiger partial charge in [0, 0.05) is 10.8 Å². The second-order valence-electron chi connectivity index (χ2n) is 8.34. The molecule has 0 saturated carbocycles. The Hall–Kier alpha value is -3.87. The third kappa shape index (κ3) is 3.87. The van der Waals surface area contributed by atoms with Gasteiger partial charge in [0.2, 0.25) is 0 Å². The number of fused-ring (bicyclic) bond motifs is 4. The van der Waals surface area contributed by atoms with E-state index in [2.05, 4.69) is 91.5 Å². The van der Waals surface area contributed by atoms with Crippen LogP contribution in [0.2, 0.25) is 0 Å². The molecule has 2 nitrogen and oxygen atoms in total. The molecule has 0 aliphatic rings. The summed E-state index contributed by atoms with van der Waals surface area (Å²) in [6, 6.07) is 38.0. The van der Waals surface area contributed by atoms with E-state index in [1.54, 1.807) is 0 Å². The van der Waals surface area contributed by atoms with Crippen LogP contribution in [0.5, 0.6) is 11.5 Å². The Kier molecular flexibility index (Phi) is 5.37. The van der Waals surface area contributed by atoms with Crippen molar-refractivity contribution in [3.63, 3.8) is 0 Å². The molecule has 6 aromatic carbocycles. The molecule has 0 unspecified atom stereocenters. The lowest BCUT2D eigenvalue weighted by Gasteiger charge is -2.20. The second-order valence-corrected chi connectivity index (χ2v) is 9.74. The third-order valence-corrected chi connectivity index (χ3v) is 7.45. The zero-order valence-corrected chi connectivity index (χ0v) is 19.5. The summed E-state index contributed by atoms with van der Waals surface area (Å²) in [5.41, 5.74) is 0. The summed E-state index contributed by atoms with van der Waals surface area (Å²) >= 11 is 0. The zero-order chi connectivity index (χ0) is 22.9. The minimum absolute atomic E-state index is 0.628. The predicted molar refractivity (Wildman–Crippen MR) is 146 cm³/mol. The van der Waals surface area contributed by atoms with Gasteiger partial charge in [-0.15, -0.1) is 6.58 Å². The molecule has 0 bridgehead atoms. The van der Waals surface area contributed by atoms with E-state index in [0.717, 1.165) is 33.0 Å². The lowest BCUT2D eigenvalue weighted by atomic mass is 10.0. The van der Waals surface area contributed by atoms with Gasteiger partial charge in [0.1, 0.15) is 11.5 Å². The van der Waals surface area contributed by atoms with Crippen LogP contribution in [0, 0.1) is 0 Å². The summed E-state index contributed by atoms with van der Waals surface area (Å²) in [6.45, 7) is 3.95. The number of benzene rings is 6. The first-order valence-electron chi connectivity index (χ1n) is 11.4. The van der Waals surface area contributed by atoms with Gasteiger partial charge in [-0.05, 0) is 68.7 Å². The molecule has 0 fully saturated rings. The molecule has 0 heterocycles. The number of hydrogen-bond donors (Lipinski definition) is 0. The monoisotopic (exact) mass is 458 g/mol. The van der Waals surface area contributed by atoms with Gasteiger partial charge >= 0.3 is 0 Å². The van der Waals surface area contributed by atoms with Gasteiger partial charge in [-0.1, -0.05) is 78.9 Å². The Morgan fingerprint density at radius 1 is 0.529 bits per heavy atom. The van der Waals surface area contributed by atoms with Crippen LogP contribution in [0.15, 0.2) is 122 Å². The quantitative estimate of drug-likeness (QED) is 0.141. The lowest BCUT2D eigenvalue weighted by molar-refractivity contribution is 0.499. The molecule has 0 atom stereocenters. The smallest absolute Gasteiger partial charge is 0.294 e. The summed E-state index contributed by atoms with van der Waals surface area (Å²) in [4.78, 5) is 0. The average Bonchev–Trinajstić information content (AvgIpc) is 2.87. The predicted octanol–water partition coefficient (Wildman–Crippen LogP) is 9.26. The van der Waals surface area contributed by atoms with Gasteiger partial charge < -0.3 is 9.05 Å². The minimum Gasteiger partial charge on any atom is -0.438 e. The SMILES string of the molecule is C=CCP(Oc1cccc2cc3ccccc3cc12)Oc1cccc2cc3ccccc3cc12. The highest BCUT2D eigenvalue weighted by atomic mass is 31.2. The zero-order valence-electron chi connectivity index (χ0n) is 18.6. The molecule has 6 aromatic rings. The van der Waals surface area contributed by atoms with Gasteiger partial charge in [0.15, 0.2) is 0 Å². The topological polar surface area (TPSA) is 18.5 Å². The first kappa shape index (κ1) is 20.7. The Morgan fingerprint density at radius 3 is 1.38 bits per heavy atom.